The van der Waals surface area contributed by atoms with Gasteiger partial charge in [0.15, 0.2) is 0 Å². The van der Waals surface area contributed by atoms with Crippen molar-refractivity contribution in [2.24, 2.45) is 0 Å². The van der Waals surface area contributed by atoms with Crippen LogP contribution in [0.15, 0.2) is 53.4 Å². The molecule has 0 aromatic heterocycles. The van der Waals surface area contributed by atoms with Gasteiger partial charge in [0.25, 0.3) is 0 Å². The summed E-state index contributed by atoms with van der Waals surface area (Å²) in [6.07, 6.45) is 0. The van der Waals surface area contributed by atoms with Gasteiger partial charge in [-0.15, -0.1) is 0 Å². The van der Waals surface area contributed by atoms with Crippen molar-refractivity contribution in [3.63, 3.8) is 0 Å². The molecular formula is C15H14ClNO3S. The van der Waals surface area contributed by atoms with E-state index in [-0.39, 0.29) is 11.7 Å². The molecule has 0 radical (unpaired) electrons. The maximum atomic E-state index is 12.1. The van der Waals surface area contributed by atoms with Gasteiger partial charge in [-0.1, -0.05) is 23.7 Å². The highest BCUT2D eigenvalue weighted by Gasteiger charge is 2.13. The van der Waals surface area contributed by atoms with Gasteiger partial charge < -0.3 is 10.1 Å². The molecule has 1 amide bonds. The number of carbonyl (C=O) groups is 1. The molecule has 0 heterocycles. The Morgan fingerprint density at radius 3 is 2.48 bits per heavy atom. The van der Waals surface area contributed by atoms with Gasteiger partial charge in [-0.3, -0.25) is 9.00 Å². The lowest BCUT2D eigenvalue weighted by molar-refractivity contribution is -0.113. The standard InChI is InChI=1S/C15H14ClNO3S/c1-20-12-8-6-11(7-9-12)17-15(18)10-21(19)14-5-3-2-4-13(14)16/h2-9H,10H2,1H3,(H,17,18)/t21-/m1/s1. The molecule has 0 aliphatic carbocycles. The van der Waals surface area contributed by atoms with E-state index in [9.17, 15) is 9.00 Å². The first-order valence-electron chi connectivity index (χ1n) is 6.17. The van der Waals surface area contributed by atoms with E-state index < -0.39 is 10.8 Å². The van der Waals surface area contributed by atoms with Gasteiger partial charge in [-0.25, -0.2) is 0 Å². The SMILES string of the molecule is COc1ccc(NC(=O)C[S@@](=O)c2ccccc2Cl)cc1. The summed E-state index contributed by atoms with van der Waals surface area (Å²) in [4.78, 5) is 12.3. The van der Waals surface area contributed by atoms with Crippen molar-refractivity contribution in [2.45, 2.75) is 4.90 Å². The van der Waals surface area contributed by atoms with Crippen molar-refractivity contribution in [3.05, 3.63) is 53.6 Å². The minimum absolute atomic E-state index is 0.143. The first-order chi connectivity index (χ1) is 10.1. The molecule has 0 aliphatic heterocycles. The molecular weight excluding hydrogens is 310 g/mol. The zero-order chi connectivity index (χ0) is 15.2. The fourth-order valence-corrected chi connectivity index (χ4v) is 3.07. The number of hydrogen-bond acceptors (Lipinski definition) is 3. The maximum absolute atomic E-state index is 12.1. The van der Waals surface area contributed by atoms with E-state index in [0.29, 0.717) is 21.4 Å². The number of rotatable bonds is 5. The minimum atomic E-state index is -1.47. The zero-order valence-corrected chi connectivity index (χ0v) is 12.9. The molecule has 0 saturated carbocycles. The summed E-state index contributed by atoms with van der Waals surface area (Å²) in [6, 6.07) is 13.7. The molecule has 0 unspecified atom stereocenters. The van der Waals surface area contributed by atoms with Gasteiger partial charge >= 0.3 is 0 Å². The second-order valence-corrected chi connectivity index (χ2v) is 6.02. The fraction of sp³-hybridized carbons (Fsp3) is 0.133. The van der Waals surface area contributed by atoms with Crippen LogP contribution in [-0.4, -0.2) is 23.0 Å². The topological polar surface area (TPSA) is 55.4 Å². The van der Waals surface area contributed by atoms with Crippen molar-refractivity contribution in [1.29, 1.82) is 0 Å². The first kappa shape index (κ1) is 15.5. The lowest BCUT2D eigenvalue weighted by Gasteiger charge is -2.07. The van der Waals surface area contributed by atoms with Crippen LogP contribution in [0.1, 0.15) is 0 Å². The smallest absolute Gasteiger partial charge is 0.237 e. The third-order valence-corrected chi connectivity index (χ3v) is 4.53. The van der Waals surface area contributed by atoms with Crippen LogP contribution in [0.4, 0.5) is 5.69 Å². The van der Waals surface area contributed by atoms with Gasteiger partial charge in [0.05, 0.1) is 27.8 Å². The van der Waals surface area contributed by atoms with Crippen molar-refractivity contribution in [1.82, 2.24) is 0 Å². The van der Waals surface area contributed by atoms with Gasteiger partial charge in [0.2, 0.25) is 5.91 Å². The number of nitrogens with one attached hydrogen (secondary N) is 1. The maximum Gasteiger partial charge on any atom is 0.237 e. The Morgan fingerprint density at radius 2 is 1.86 bits per heavy atom. The number of ether oxygens (including phenoxy) is 1. The van der Waals surface area contributed by atoms with E-state index >= 15 is 0 Å². The van der Waals surface area contributed by atoms with Crippen LogP contribution in [-0.2, 0) is 15.6 Å². The Balaban J connectivity index is 1.98. The Morgan fingerprint density at radius 1 is 1.19 bits per heavy atom. The summed E-state index contributed by atoms with van der Waals surface area (Å²) in [5.74, 6) is 0.224. The molecule has 4 nitrogen and oxygen atoms in total. The molecule has 1 atom stereocenters. The van der Waals surface area contributed by atoms with Crippen molar-refractivity contribution in [3.8, 4) is 5.75 Å². The highest BCUT2D eigenvalue weighted by Crippen LogP contribution is 2.19. The molecule has 2 rings (SSSR count). The quantitative estimate of drug-likeness (QED) is 0.920. The van der Waals surface area contributed by atoms with E-state index in [1.165, 1.54) is 0 Å². The molecule has 2 aromatic rings. The number of halogens is 1. The van der Waals surface area contributed by atoms with Crippen LogP contribution in [0.3, 0.4) is 0 Å². The van der Waals surface area contributed by atoms with Crippen LogP contribution < -0.4 is 10.1 Å². The molecule has 6 heteroatoms. The third-order valence-electron chi connectivity index (χ3n) is 2.72. The molecule has 0 saturated heterocycles. The lowest BCUT2D eigenvalue weighted by Crippen LogP contribution is -2.19. The van der Waals surface area contributed by atoms with Gasteiger partial charge in [-0.2, -0.15) is 0 Å². The first-order valence-corrected chi connectivity index (χ1v) is 7.86. The van der Waals surface area contributed by atoms with Crippen LogP contribution in [0.2, 0.25) is 5.02 Å². The third kappa shape index (κ3) is 4.31. The van der Waals surface area contributed by atoms with Crippen molar-refractivity contribution in [2.75, 3.05) is 18.2 Å². The zero-order valence-electron chi connectivity index (χ0n) is 11.3. The van der Waals surface area contributed by atoms with Crippen LogP contribution >= 0.6 is 11.6 Å². The van der Waals surface area contributed by atoms with Crippen LogP contribution in [0.25, 0.3) is 0 Å². The number of hydrogen-bond donors (Lipinski definition) is 1. The average molecular weight is 324 g/mol. The lowest BCUT2D eigenvalue weighted by atomic mass is 10.3. The van der Waals surface area contributed by atoms with E-state index in [4.69, 9.17) is 16.3 Å². The Bertz CT molecular complexity index is 658. The van der Waals surface area contributed by atoms with Crippen LogP contribution in [0.5, 0.6) is 5.75 Å². The summed E-state index contributed by atoms with van der Waals surface area (Å²) in [5.41, 5.74) is 0.622. The Labute approximate surface area is 130 Å². The second-order valence-electron chi connectivity index (χ2n) is 4.20. The minimum Gasteiger partial charge on any atom is -0.497 e. The number of benzene rings is 2. The number of anilines is 1. The molecule has 2 aromatic carbocycles. The summed E-state index contributed by atoms with van der Waals surface area (Å²) in [5, 5.41) is 3.08. The average Bonchev–Trinajstić information content (AvgIpc) is 2.48. The number of carbonyl (C=O) groups excluding carboxylic acids is 1. The largest absolute Gasteiger partial charge is 0.497 e. The molecule has 0 bridgehead atoms. The van der Waals surface area contributed by atoms with Gasteiger partial charge in [0, 0.05) is 5.69 Å². The van der Waals surface area contributed by atoms with E-state index in [1.54, 1.807) is 55.6 Å². The summed E-state index contributed by atoms with van der Waals surface area (Å²) in [7, 11) is 0.0964. The highest BCUT2D eigenvalue weighted by molar-refractivity contribution is 7.86. The van der Waals surface area contributed by atoms with E-state index in [0.717, 1.165) is 0 Å². The summed E-state index contributed by atoms with van der Waals surface area (Å²) < 4.78 is 17.1. The van der Waals surface area contributed by atoms with Gasteiger partial charge in [0.1, 0.15) is 11.5 Å². The normalized spacial score (nSPS) is 11.7. The van der Waals surface area contributed by atoms with E-state index in [2.05, 4.69) is 5.32 Å². The number of methoxy groups -OCH3 is 1. The highest BCUT2D eigenvalue weighted by atomic mass is 35.5. The molecule has 110 valence electrons. The van der Waals surface area contributed by atoms with E-state index in [1.807, 2.05) is 0 Å². The molecule has 0 fully saturated rings. The monoisotopic (exact) mass is 323 g/mol. The molecule has 0 aliphatic rings. The van der Waals surface area contributed by atoms with Crippen molar-refractivity contribution >= 4 is 34.0 Å². The van der Waals surface area contributed by atoms with Gasteiger partial charge in [-0.05, 0) is 36.4 Å². The summed E-state index contributed by atoms with van der Waals surface area (Å²) in [6.45, 7) is 0. The number of amides is 1. The predicted octanol–water partition coefficient (Wildman–Crippen LogP) is 3.09. The predicted molar refractivity (Wildman–Crippen MR) is 84.4 cm³/mol. The summed E-state index contributed by atoms with van der Waals surface area (Å²) >= 11 is 5.96. The Hall–Kier alpha value is -1.85. The molecule has 0 spiro atoms. The van der Waals surface area contributed by atoms with Crippen molar-refractivity contribution < 1.29 is 13.7 Å². The Kier molecular flexibility index (Phi) is 5.36. The second kappa shape index (κ2) is 7.24. The fourth-order valence-electron chi connectivity index (χ4n) is 1.70. The van der Waals surface area contributed by atoms with Crippen LogP contribution in [0, 0.1) is 0 Å². The molecule has 1 N–H and O–H groups in total. The molecule has 21 heavy (non-hydrogen) atoms.